The zero-order valence-corrected chi connectivity index (χ0v) is 10.0. The first-order chi connectivity index (χ1) is 3.25. The fourth-order valence-electron chi connectivity index (χ4n) is 0. The Morgan fingerprint density at radius 2 is 1.00 bits per heavy atom. The molecule has 0 rings (SSSR count). The molecular formula is C6H15KO2. The molecule has 0 aromatic carbocycles. The number of aliphatic hydroxyl groups is 2. The molecule has 0 amide bonds. The van der Waals surface area contributed by atoms with Gasteiger partial charge >= 0.3 is 51.4 Å². The molecule has 0 aromatic rings. The third kappa shape index (κ3) is 4.90. The first-order valence-corrected chi connectivity index (χ1v) is 2.70. The van der Waals surface area contributed by atoms with Gasteiger partial charge in [0.05, 0.1) is 11.2 Å². The Morgan fingerprint density at radius 1 is 0.889 bits per heavy atom. The molecule has 0 saturated heterocycles. The molecule has 0 aliphatic heterocycles. The predicted molar refractivity (Wildman–Crippen MR) is 33.7 cm³/mol. The summed E-state index contributed by atoms with van der Waals surface area (Å²) in [5.41, 5.74) is -2.01. The maximum absolute atomic E-state index is 9.10. The average molecular weight is 158 g/mol. The molecule has 0 saturated carbocycles. The normalized spacial score (nSPS) is 12.7. The quantitative estimate of drug-likeness (QED) is 0.419. The molecule has 2 nitrogen and oxygen atoms in total. The first kappa shape index (κ1) is 13.2. The molecule has 9 heavy (non-hydrogen) atoms. The van der Waals surface area contributed by atoms with Crippen LogP contribution in [-0.4, -0.2) is 21.4 Å². The molecule has 52 valence electrons. The van der Waals surface area contributed by atoms with Crippen LogP contribution in [0.25, 0.3) is 0 Å². The summed E-state index contributed by atoms with van der Waals surface area (Å²) in [4.78, 5) is 0. The maximum Gasteiger partial charge on any atom is 1.00 e. The second-order valence-corrected chi connectivity index (χ2v) is 3.12. The summed E-state index contributed by atoms with van der Waals surface area (Å²) >= 11 is 0. The van der Waals surface area contributed by atoms with Crippen molar-refractivity contribution in [3.05, 3.63) is 0 Å². The number of hydrogen-bond acceptors (Lipinski definition) is 2. The molecule has 0 atom stereocenters. The molecule has 0 aliphatic rings. The van der Waals surface area contributed by atoms with Gasteiger partial charge in [0.15, 0.2) is 0 Å². The fraction of sp³-hybridized carbons (Fsp3) is 1.00. The zero-order valence-electron chi connectivity index (χ0n) is 7.89. The molecule has 0 spiro atoms. The van der Waals surface area contributed by atoms with Crippen molar-refractivity contribution in [2.75, 3.05) is 0 Å². The molecular weight excluding hydrogens is 143 g/mol. The third-order valence-corrected chi connectivity index (χ3v) is 1.50. The summed E-state index contributed by atoms with van der Waals surface area (Å²) in [7, 11) is 0. The average Bonchev–Trinajstić information content (AvgIpc) is 1.25. The maximum atomic E-state index is 9.10. The Morgan fingerprint density at radius 3 is 1.00 bits per heavy atom. The predicted octanol–water partition coefficient (Wildman–Crippen LogP) is -2.36. The monoisotopic (exact) mass is 158 g/mol. The van der Waals surface area contributed by atoms with E-state index in [1.807, 2.05) is 0 Å². The van der Waals surface area contributed by atoms with Crippen LogP contribution in [0.15, 0.2) is 0 Å². The minimum Gasteiger partial charge on any atom is -1.00 e. The van der Waals surface area contributed by atoms with Crippen molar-refractivity contribution >= 4 is 0 Å². The second kappa shape index (κ2) is 3.81. The third-order valence-electron chi connectivity index (χ3n) is 1.50. The van der Waals surface area contributed by atoms with E-state index in [9.17, 15) is 0 Å². The van der Waals surface area contributed by atoms with E-state index in [0.29, 0.717) is 0 Å². The largest absolute Gasteiger partial charge is 1.00 e. The van der Waals surface area contributed by atoms with E-state index in [2.05, 4.69) is 0 Å². The standard InChI is InChI=1S/C6H14O2.K.H/c1-5(2,7)6(3,4)8;;/h7-8H,1-4H3;;/q;+1;-1. The van der Waals surface area contributed by atoms with Crippen molar-refractivity contribution in [3.8, 4) is 0 Å². The van der Waals surface area contributed by atoms with Crippen molar-refractivity contribution in [2.45, 2.75) is 38.9 Å². The van der Waals surface area contributed by atoms with Gasteiger partial charge in [-0.2, -0.15) is 0 Å². The van der Waals surface area contributed by atoms with Crippen LogP contribution >= 0.6 is 0 Å². The number of rotatable bonds is 1. The summed E-state index contributed by atoms with van der Waals surface area (Å²) in [5.74, 6) is 0. The zero-order chi connectivity index (χ0) is 7.00. The molecule has 0 unspecified atom stereocenters. The summed E-state index contributed by atoms with van der Waals surface area (Å²) in [6, 6.07) is 0. The van der Waals surface area contributed by atoms with Crippen LogP contribution in [0.5, 0.6) is 0 Å². The van der Waals surface area contributed by atoms with Gasteiger partial charge in [-0.05, 0) is 27.7 Å². The van der Waals surface area contributed by atoms with Gasteiger partial charge in [0.1, 0.15) is 0 Å². The smallest absolute Gasteiger partial charge is 1.00 e. The fourth-order valence-corrected chi connectivity index (χ4v) is 0. The van der Waals surface area contributed by atoms with Gasteiger partial charge in [-0.25, -0.2) is 0 Å². The van der Waals surface area contributed by atoms with Gasteiger partial charge in [-0.3, -0.25) is 0 Å². The van der Waals surface area contributed by atoms with Crippen LogP contribution in [0.3, 0.4) is 0 Å². The van der Waals surface area contributed by atoms with Gasteiger partial charge in [0, 0.05) is 0 Å². The molecule has 0 bridgehead atoms. The van der Waals surface area contributed by atoms with E-state index < -0.39 is 11.2 Å². The van der Waals surface area contributed by atoms with Gasteiger partial charge in [-0.1, -0.05) is 0 Å². The van der Waals surface area contributed by atoms with Gasteiger partial charge in [-0.15, -0.1) is 0 Å². The summed E-state index contributed by atoms with van der Waals surface area (Å²) in [6.07, 6.45) is 0. The van der Waals surface area contributed by atoms with Crippen molar-refractivity contribution < 1.29 is 63.0 Å². The number of hydrogen-bond donors (Lipinski definition) is 2. The molecule has 2 N–H and O–H groups in total. The van der Waals surface area contributed by atoms with Gasteiger partial charge in [0.25, 0.3) is 0 Å². The van der Waals surface area contributed by atoms with Gasteiger partial charge < -0.3 is 11.6 Å². The van der Waals surface area contributed by atoms with Crippen molar-refractivity contribution in [2.24, 2.45) is 0 Å². The minimum atomic E-state index is -1.01. The summed E-state index contributed by atoms with van der Waals surface area (Å²) in [6.45, 7) is 6.31. The van der Waals surface area contributed by atoms with E-state index in [1.54, 1.807) is 27.7 Å². The Kier molecular flexibility index (Phi) is 5.57. The van der Waals surface area contributed by atoms with Crippen LogP contribution in [0.4, 0.5) is 0 Å². The molecule has 0 fully saturated rings. The van der Waals surface area contributed by atoms with Crippen LogP contribution < -0.4 is 51.4 Å². The van der Waals surface area contributed by atoms with E-state index in [0.717, 1.165) is 0 Å². The molecule has 0 radical (unpaired) electrons. The van der Waals surface area contributed by atoms with Crippen LogP contribution in [-0.2, 0) is 0 Å². The van der Waals surface area contributed by atoms with Crippen molar-refractivity contribution in [1.29, 1.82) is 0 Å². The summed E-state index contributed by atoms with van der Waals surface area (Å²) < 4.78 is 0. The Balaban J connectivity index is -0.000000245. The van der Waals surface area contributed by atoms with Crippen molar-refractivity contribution in [1.82, 2.24) is 0 Å². The van der Waals surface area contributed by atoms with E-state index >= 15 is 0 Å². The second-order valence-electron chi connectivity index (χ2n) is 3.12. The van der Waals surface area contributed by atoms with Crippen LogP contribution in [0, 0.1) is 0 Å². The van der Waals surface area contributed by atoms with E-state index in [-0.39, 0.29) is 52.8 Å². The van der Waals surface area contributed by atoms with E-state index in [4.69, 9.17) is 10.2 Å². The molecule has 3 heteroatoms. The molecule has 0 aliphatic carbocycles. The van der Waals surface area contributed by atoms with Crippen LogP contribution in [0.2, 0.25) is 0 Å². The SMILES string of the molecule is CC(C)(O)C(C)(C)O.[H-].[K+]. The van der Waals surface area contributed by atoms with Crippen LogP contribution in [0.1, 0.15) is 29.1 Å². The topological polar surface area (TPSA) is 40.5 Å². The van der Waals surface area contributed by atoms with Crippen molar-refractivity contribution in [3.63, 3.8) is 0 Å². The Hall–Kier alpha value is 1.56. The van der Waals surface area contributed by atoms with E-state index in [1.165, 1.54) is 0 Å². The van der Waals surface area contributed by atoms with Gasteiger partial charge in [0.2, 0.25) is 0 Å². The molecule has 0 heterocycles. The Labute approximate surface area is 101 Å². The summed E-state index contributed by atoms with van der Waals surface area (Å²) in [5, 5.41) is 18.2. The Bertz CT molecular complexity index is 70.7. The minimum absolute atomic E-state index is 0. The first-order valence-electron chi connectivity index (χ1n) is 2.70. The molecule has 0 aromatic heterocycles.